The molecule has 0 saturated heterocycles. The highest BCUT2D eigenvalue weighted by atomic mass is 15.4. The maximum absolute atomic E-state index is 4.89. The van der Waals surface area contributed by atoms with Crippen LogP contribution in [0.3, 0.4) is 0 Å². The summed E-state index contributed by atoms with van der Waals surface area (Å²) in [5, 5.41) is 7.05. The lowest BCUT2D eigenvalue weighted by atomic mass is 9.98. The van der Waals surface area contributed by atoms with Crippen LogP contribution in [-0.2, 0) is 0 Å². The van der Waals surface area contributed by atoms with Crippen LogP contribution in [0.1, 0.15) is 37.3 Å². The minimum Gasteiger partial charge on any atom is -0.368 e. The third kappa shape index (κ3) is 3.71. The predicted octanol–water partition coefficient (Wildman–Crippen LogP) is 4.75. The third-order valence-corrected chi connectivity index (χ3v) is 5.82. The second-order valence-electron chi connectivity index (χ2n) is 8.40. The van der Waals surface area contributed by atoms with Gasteiger partial charge in [-0.05, 0) is 50.5 Å². The number of anilines is 3. The van der Waals surface area contributed by atoms with Crippen LogP contribution in [0.5, 0.6) is 0 Å². The molecule has 0 radical (unpaired) electrons. The van der Waals surface area contributed by atoms with Crippen molar-refractivity contribution in [1.29, 1.82) is 0 Å². The van der Waals surface area contributed by atoms with E-state index in [-0.39, 0.29) is 0 Å². The molecule has 7 nitrogen and oxygen atoms in total. The van der Waals surface area contributed by atoms with Crippen molar-refractivity contribution in [3.05, 3.63) is 53.9 Å². The van der Waals surface area contributed by atoms with Crippen LogP contribution in [0, 0.1) is 6.92 Å². The van der Waals surface area contributed by atoms with Gasteiger partial charge in [-0.2, -0.15) is 0 Å². The molecule has 1 unspecified atom stereocenters. The molecule has 2 aliphatic rings. The van der Waals surface area contributed by atoms with Crippen molar-refractivity contribution in [2.45, 2.75) is 39.2 Å². The molecule has 0 fully saturated rings. The number of rotatable bonds is 6. The van der Waals surface area contributed by atoms with Crippen molar-refractivity contribution < 1.29 is 0 Å². The molecule has 158 valence electrons. The van der Waals surface area contributed by atoms with Crippen LogP contribution in [0.4, 0.5) is 23.0 Å². The van der Waals surface area contributed by atoms with E-state index in [9.17, 15) is 0 Å². The minimum atomic E-state index is 0.333. The molecule has 2 aliphatic heterocycles. The molecular weight excluding hydrogens is 386 g/mol. The monoisotopic (exact) mass is 413 g/mol. The summed E-state index contributed by atoms with van der Waals surface area (Å²) in [5.74, 6) is 2.81. The molecule has 7 heteroatoms. The summed E-state index contributed by atoms with van der Waals surface area (Å²) in [7, 11) is 0. The highest BCUT2D eigenvalue weighted by Gasteiger charge is 2.27. The van der Waals surface area contributed by atoms with Gasteiger partial charge in [0, 0.05) is 42.7 Å². The molecule has 0 aliphatic carbocycles. The van der Waals surface area contributed by atoms with E-state index in [1.807, 2.05) is 25.4 Å². The van der Waals surface area contributed by atoms with Gasteiger partial charge in [0.1, 0.15) is 5.69 Å². The van der Waals surface area contributed by atoms with Gasteiger partial charge in [-0.15, -0.1) is 0 Å². The average Bonchev–Trinajstić information content (AvgIpc) is 3.38. The summed E-state index contributed by atoms with van der Waals surface area (Å²) in [5.41, 5.74) is 5.37. The Balaban J connectivity index is 1.41. The molecule has 3 aromatic rings. The van der Waals surface area contributed by atoms with Crippen LogP contribution >= 0.6 is 0 Å². The summed E-state index contributed by atoms with van der Waals surface area (Å²) in [6, 6.07) is 10.8. The van der Waals surface area contributed by atoms with Gasteiger partial charge in [0.15, 0.2) is 17.5 Å². The first-order chi connectivity index (χ1) is 15.1. The fourth-order valence-corrected chi connectivity index (χ4v) is 4.17. The fraction of sp³-hybridized carbons (Fsp3) is 0.333. The Kier molecular flexibility index (Phi) is 5.02. The van der Waals surface area contributed by atoms with Crippen LogP contribution in [0.25, 0.3) is 11.4 Å². The number of nitrogens with zero attached hydrogens (tertiary/aromatic N) is 5. The van der Waals surface area contributed by atoms with Crippen LogP contribution in [-0.4, -0.2) is 40.4 Å². The van der Waals surface area contributed by atoms with Gasteiger partial charge < -0.3 is 15.5 Å². The number of aromatic nitrogens is 3. The fourth-order valence-electron chi connectivity index (χ4n) is 4.17. The van der Waals surface area contributed by atoms with Gasteiger partial charge in [0.2, 0.25) is 0 Å². The molecule has 0 spiro atoms. The third-order valence-electron chi connectivity index (χ3n) is 5.82. The van der Waals surface area contributed by atoms with Crippen molar-refractivity contribution in [2.24, 2.45) is 4.99 Å². The summed E-state index contributed by atoms with van der Waals surface area (Å²) in [6.07, 6.45) is 6.68. The highest BCUT2D eigenvalue weighted by molar-refractivity contribution is 5.84. The summed E-state index contributed by atoms with van der Waals surface area (Å²) >= 11 is 0. The first-order valence-electron chi connectivity index (χ1n) is 10.8. The highest BCUT2D eigenvalue weighted by Crippen LogP contribution is 2.38. The maximum atomic E-state index is 4.89. The van der Waals surface area contributed by atoms with Gasteiger partial charge in [-0.25, -0.2) is 9.97 Å². The number of aryl methyl sites for hydroxylation is 1. The molecule has 5 rings (SSSR count). The number of hydrogen-bond donors (Lipinski definition) is 2. The largest absolute Gasteiger partial charge is 0.368 e. The smallest absolute Gasteiger partial charge is 0.165 e. The van der Waals surface area contributed by atoms with Gasteiger partial charge in [-0.3, -0.25) is 9.98 Å². The van der Waals surface area contributed by atoms with E-state index in [0.29, 0.717) is 17.8 Å². The Hall–Kier alpha value is -3.48. The van der Waals surface area contributed by atoms with Crippen molar-refractivity contribution >= 4 is 29.2 Å². The van der Waals surface area contributed by atoms with Gasteiger partial charge in [0.25, 0.3) is 0 Å². The first-order valence-corrected chi connectivity index (χ1v) is 10.8. The number of hydrogen-bond acceptors (Lipinski definition) is 7. The quantitative estimate of drug-likeness (QED) is 0.607. The molecule has 0 amide bonds. The second kappa shape index (κ2) is 7.98. The van der Waals surface area contributed by atoms with E-state index in [0.717, 1.165) is 53.8 Å². The summed E-state index contributed by atoms with van der Waals surface area (Å²) < 4.78 is 0. The molecule has 2 aromatic heterocycles. The minimum absolute atomic E-state index is 0.333. The first kappa shape index (κ1) is 19.5. The molecule has 4 heterocycles. The van der Waals surface area contributed by atoms with E-state index in [1.165, 1.54) is 5.56 Å². The van der Waals surface area contributed by atoms with Gasteiger partial charge in [0.05, 0.1) is 12.4 Å². The SMILES string of the molecule is Cc1cncc(-c2nc(NCCC3C=Nc4ccccc43)c3c(n2)N(C(C)C)CN3)c1. The lowest BCUT2D eigenvalue weighted by Gasteiger charge is -2.22. The topological polar surface area (TPSA) is 78.3 Å². The number of fused-ring (bicyclic) bond motifs is 2. The van der Waals surface area contributed by atoms with E-state index < -0.39 is 0 Å². The van der Waals surface area contributed by atoms with Crippen molar-refractivity contribution in [2.75, 3.05) is 28.7 Å². The van der Waals surface area contributed by atoms with E-state index in [4.69, 9.17) is 9.97 Å². The summed E-state index contributed by atoms with van der Waals surface area (Å²) in [4.78, 5) is 20.9. The molecular formula is C24H27N7. The molecule has 0 saturated carbocycles. The second-order valence-corrected chi connectivity index (χ2v) is 8.40. The van der Waals surface area contributed by atoms with Crippen LogP contribution < -0.4 is 15.5 Å². The number of para-hydroxylation sites is 1. The van der Waals surface area contributed by atoms with E-state index >= 15 is 0 Å². The zero-order valence-electron chi connectivity index (χ0n) is 18.1. The van der Waals surface area contributed by atoms with Crippen molar-refractivity contribution in [3.8, 4) is 11.4 Å². The van der Waals surface area contributed by atoms with Crippen LogP contribution in [0.2, 0.25) is 0 Å². The molecule has 0 bridgehead atoms. The predicted molar refractivity (Wildman–Crippen MR) is 127 cm³/mol. The zero-order valence-corrected chi connectivity index (χ0v) is 18.1. The molecule has 31 heavy (non-hydrogen) atoms. The van der Waals surface area contributed by atoms with Gasteiger partial charge >= 0.3 is 0 Å². The van der Waals surface area contributed by atoms with E-state index in [1.54, 1.807) is 0 Å². The molecule has 1 aromatic carbocycles. The van der Waals surface area contributed by atoms with Crippen LogP contribution in [0.15, 0.2) is 47.7 Å². The molecule has 1 atom stereocenters. The Labute approximate surface area is 182 Å². The Morgan fingerprint density at radius 2 is 2.06 bits per heavy atom. The lowest BCUT2D eigenvalue weighted by molar-refractivity contribution is 0.718. The number of pyridine rings is 1. The normalized spacial score (nSPS) is 16.4. The van der Waals surface area contributed by atoms with Crippen molar-refractivity contribution in [1.82, 2.24) is 15.0 Å². The van der Waals surface area contributed by atoms with Gasteiger partial charge in [-0.1, -0.05) is 18.2 Å². The Bertz CT molecular complexity index is 1140. The lowest BCUT2D eigenvalue weighted by Crippen LogP contribution is -2.30. The summed E-state index contributed by atoms with van der Waals surface area (Å²) in [6.45, 7) is 7.91. The molecule has 2 N–H and O–H groups in total. The number of aliphatic imine (C=N–C) groups is 1. The number of nitrogens with one attached hydrogen (secondary N) is 2. The Morgan fingerprint density at radius 3 is 2.90 bits per heavy atom. The average molecular weight is 414 g/mol. The Morgan fingerprint density at radius 1 is 1.19 bits per heavy atom. The van der Waals surface area contributed by atoms with Crippen molar-refractivity contribution in [3.63, 3.8) is 0 Å². The number of benzene rings is 1. The standard InChI is InChI=1S/C24H27N7/c1-15(2)31-14-28-21-23(26-9-8-17-13-27-20-7-5-4-6-19(17)20)29-22(30-24(21)31)18-10-16(3)11-25-12-18/h4-7,10-13,15,17,28H,8-9,14H2,1-3H3,(H,26,29,30). The van der Waals surface area contributed by atoms with E-state index in [2.05, 4.69) is 69.8 Å². The zero-order chi connectivity index (χ0) is 21.4. The maximum Gasteiger partial charge on any atom is 0.165 e.